The quantitative estimate of drug-likeness (QED) is 0.829. The number of halogens is 2. The van der Waals surface area contributed by atoms with Gasteiger partial charge in [-0.3, -0.25) is 0 Å². The molecular formula is C11H10F2O2. The molecule has 15 heavy (non-hydrogen) atoms. The summed E-state index contributed by atoms with van der Waals surface area (Å²) in [6, 6.07) is 3.39. The second kappa shape index (κ2) is 3.62. The monoisotopic (exact) mass is 212 g/mol. The summed E-state index contributed by atoms with van der Waals surface area (Å²) >= 11 is 0. The van der Waals surface area contributed by atoms with Crippen molar-refractivity contribution in [2.45, 2.75) is 19.4 Å². The fraction of sp³-hybridized carbons (Fsp3) is 0.273. The molecule has 0 fully saturated rings. The van der Waals surface area contributed by atoms with Crippen molar-refractivity contribution in [1.82, 2.24) is 0 Å². The molecule has 1 N–H and O–H groups in total. The summed E-state index contributed by atoms with van der Waals surface area (Å²) in [4.78, 5) is 0. The van der Waals surface area contributed by atoms with Gasteiger partial charge in [0, 0.05) is 11.5 Å². The molecule has 0 aliphatic rings. The molecule has 4 heteroatoms. The standard InChI is InChI=1S/C11H10F2O2/c1-2-9(14)10-4-6-3-7(12)5-8(13)11(6)15-10/h3-5,9,14H,2H2,1H3. The Labute approximate surface area is 85.1 Å². The molecule has 1 atom stereocenters. The average molecular weight is 212 g/mol. The van der Waals surface area contributed by atoms with Crippen LogP contribution in [-0.4, -0.2) is 5.11 Å². The number of hydrogen-bond donors (Lipinski definition) is 1. The van der Waals surface area contributed by atoms with Crippen molar-refractivity contribution in [2.24, 2.45) is 0 Å². The molecule has 0 aliphatic heterocycles. The van der Waals surface area contributed by atoms with Gasteiger partial charge in [-0.2, -0.15) is 0 Å². The second-order valence-electron chi connectivity index (χ2n) is 3.38. The van der Waals surface area contributed by atoms with Crippen LogP contribution in [-0.2, 0) is 0 Å². The number of fused-ring (bicyclic) bond motifs is 1. The molecule has 2 rings (SSSR count). The van der Waals surface area contributed by atoms with Gasteiger partial charge in [-0.1, -0.05) is 6.92 Å². The van der Waals surface area contributed by atoms with Crippen molar-refractivity contribution in [1.29, 1.82) is 0 Å². The maximum atomic E-state index is 13.2. The van der Waals surface area contributed by atoms with E-state index in [9.17, 15) is 13.9 Å². The summed E-state index contributed by atoms with van der Waals surface area (Å²) in [5.41, 5.74) is -0.0149. The highest BCUT2D eigenvalue weighted by atomic mass is 19.1. The van der Waals surface area contributed by atoms with Gasteiger partial charge in [0.1, 0.15) is 17.7 Å². The van der Waals surface area contributed by atoms with Gasteiger partial charge in [0.15, 0.2) is 11.4 Å². The molecule has 2 nitrogen and oxygen atoms in total. The Morgan fingerprint density at radius 2 is 2.07 bits per heavy atom. The van der Waals surface area contributed by atoms with Crippen LogP contribution in [0.4, 0.5) is 8.78 Å². The highest BCUT2D eigenvalue weighted by Gasteiger charge is 2.14. The molecule has 0 spiro atoms. The maximum absolute atomic E-state index is 13.2. The van der Waals surface area contributed by atoms with Crippen LogP contribution in [0.3, 0.4) is 0 Å². The van der Waals surface area contributed by atoms with Gasteiger partial charge in [-0.15, -0.1) is 0 Å². The van der Waals surface area contributed by atoms with Crippen LogP contribution in [0.2, 0.25) is 0 Å². The molecule has 0 radical (unpaired) electrons. The Morgan fingerprint density at radius 3 is 2.73 bits per heavy atom. The highest BCUT2D eigenvalue weighted by molar-refractivity contribution is 5.78. The van der Waals surface area contributed by atoms with E-state index in [4.69, 9.17) is 4.42 Å². The summed E-state index contributed by atoms with van der Waals surface area (Å²) in [5.74, 6) is -1.14. The van der Waals surface area contributed by atoms with Crippen molar-refractivity contribution < 1.29 is 18.3 Å². The average Bonchev–Trinajstić information content (AvgIpc) is 2.60. The molecule has 1 unspecified atom stereocenters. The van der Waals surface area contributed by atoms with E-state index in [0.29, 0.717) is 11.8 Å². The van der Waals surface area contributed by atoms with Crippen LogP contribution in [0, 0.1) is 11.6 Å². The van der Waals surface area contributed by atoms with Gasteiger partial charge < -0.3 is 9.52 Å². The SMILES string of the molecule is CCC(O)c1cc2cc(F)cc(F)c2o1. The fourth-order valence-corrected chi connectivity index (χ4v) is 1.46. The van der Waals surface area contributed by atoms with E-state index >= 15 is 0 Å². The van der Waals surface area contributed by atoms with Crippen molar-refractivity contribution in [2.75, 3.05) is 0 Å². The number of rotatable bonds is 2. The number of aliphatic hydroxyl groups excluding tert-OH is 1. The lowest BCUT2D eigenvalue weighted by Gasteiger charge is -2.01. The molecule has 0 saturated carbocycles. The first-order chi connectivity index (χ1) is 7.11. The number of furan rings is 1. The van der Waals surface area contributed by atoms with Crippen LogP contribution in [0.5, 0.6) is 0 Å². The topological polar surface area (TPSA) is 33.4 Å². The number of hydrogen-bond acceptors (Lipinski definition) is 2. The number of aliphatic hydroxyl groups is 1. The first kappa shape index (κ1) is 10.1. The van der Waals surface area contributed by atoms with E-state index in [1.165, 1.54) is 12.1 Å². The van der Waals surface area contributed by atoms with E-state index in [0.717, 1.165) is 6.07 Å². The van der Waals surface area contributed by atoms with Crippen LogP contribution in [0.15, 0.2) is 22.6 Å². The minimum atomic E-state index is -0.778. The van der Waals surface area contributed by atoms with Crippen LogP contribution >= 0.6 is 0 Å². The Kier molecular flexibility index (Phi) is 2.44. The van der Waals surface area contributed by atoms with E-state index in [-0.39, 0.29) is 11.3 Å². The predicted octanol–water partition coefficient (Wildman–Crippen LogP) is 3.15. The summed E-state index contributed by atoms with van der Waals surface area (Å²) in [6.07, 6.45) is -0.316. The van der Waals surface area contributed by atoms with Gasteiger partial charge in [0.05, 0.1) is 0 Å². The molecule has 80 valence electrons. The molecular weight excluding hydrogens is 202 g/mol. The van der Waals surface area contributed by atoms with E-state index < -0.39 is 17.7 Å². The third-order valence-electron chi connectivity index (χ3n) is 2.27. The lowest BCUT2D eigenvalue weighted by Crippen LogP contribution is -1.91. The molecule has 0 saturated heterocycles. The molecule has 0 aliphatic carbocycles. The first-order valence-electron chi connectivity index (χ1n) is 4.68. The Bertz CT molecular complexity index is 491. The van der Waals surface area contributed by atoms with Crippen molar-refractivity contribution in [3.63, 3.8) is 0 Å². The van der Waals surface area contributed by atoms with Gasteiger partial charge >= 0.3 is 0 Å². The zero-order valence-corrected chi connectivity index (χ0v) is 8.13. The molecule has 0 bridgehead atoms. The van der Waals surface area contributed by atoms with Gasteiger partial charge in [-0.05, 0) is 18.6 Å². The second-order valence-corrected chi connectivity index (χ2v) is 3.38. The first-order valence-corrected chi connectivity index (χ1v) is 4.68. The third kappa shape index (κ3) is 1.72. The summed E-state index contributed by atoms with van der Waals surface area (Å²) < 4.78 is 31.2. The third-order valence-corrected chi connectivity index (χ3v) is 2.27. The molecule has 1 aromatic heterocycles. The lowest BCUT2D eigenvalue weighted by atomic mass is 10.2. The van der Waals surface area contributed by atoms with Crippen molar-refractivity contribution >= 4 is 11.0 Å². The van der Waals surface area contributed by atoms with Crippen molar-refractivity contribution in [3.8, 4) is 0 Å². The Hall–Kier alpha value is -1.42. The van der Waals surface area contributed by atoms with Gasteiger partial charge in [-0.25, -0.2) is 8.78 Å². The molecule has 0 amide bonds. The normalized spacial score (nSPS) is 13.3. The molecule has 1 aromatic carbocycles. The zero-order valence-electron chi connectivity index (χ0n) is 8.13. The van der Waals surface area contributed by atoms with Gasteiger partial charge in [0.25, 0.3) is 0 Å². The predicted molar refractivity (Wildman–Crippen MR) is 51.4 cm³/mol. The summed E-state index contributed by atoms with van der Waals surface area (Å²) in [6.45, 7) is 1.77. The van der Waals surface area contributed by atoms with E-state index in [1.54, 1.807) is 6.92 Å². The molecule has 1 heterocycles. The van der Waals surface area contributed by atoms with Gasteiger partial charge in [0.2, 0.25) is 0 Å². The minimum absolute atomic E-state index is 0.0149. The zero-order chi connectivity index (χ0) is 11.0. The highest BCUT2D eigenvalue weighted by Crippen LogP contribution is 2.27. The Balaban J connectivity index is 2.60. The number of benzene rings is 1. The maximum Gasteiger partial charge on any atom is 0.170 e. The fourth-order valence-electron chi connectivity index (χ4n) is 1.46. The Morgan fingerprint density at radius 1 is 1.33 bits per heavy atom. The summed E-state index contributed by atoms with van der Waals surface area (Å²) in [7, 11) is 0. The van der Waals surface area contributed by atoms with Crippen LogP contribution in [0.25, 0.3) is 11.0 Å². The largest absolute Gasteiger partial charge is 0.455 e. The van der Waals surface area contributed by atoms with E-state index in [1.807, 2.05) is 0 Å². The molecule has 2 aromatic rings. The van der Waals surface area contributed by atoms with Crippen LogP contribution < -0.4 is 0 Å². The van der Waals surface area contributed by atoms with E-state index in [2.05, 4.69) is 0 Å². The summed E-state index contributed by atoms with van der Waals surface area (Å²) in [5, 5.41) is 9.81. The smallest absolute Gasteiger partial charge is 0.170 e. The lowest BCUT2D eigenvalue weighted by molar-refractivity contribution is 0.148. The van der Waals surface area contributed by atoms with Crippen LogP contribution in [0.1, 0.15) is 25.2 Å². The minimum Gasteiger partial charge on any atom is -0.455 e. The van der Waals surface area contributed by atoms with Crippen molar-refractivity contribution in [3.05, 3.63) is 35.6 Å².